The lowest BCUT2D eigenvalue weighted by Crippen LogP contribution is -2.30. The molecule has 0 aliphatic heterocycles. The van der Waals surface area contributed by atoms with Crippen molar-refractivity contribution in [1.29, 1.82) is 0 Å². The van der Waals surface area contributed by atoms with Gasteiger partial charge in [0.2, 0.25) is 5.91 Å². The summed E-state index contributed by atoms with van der Waals surface area (Å²) < 4.78 is 1.80. The maximum atomic E-state index is 12.3. The number of benzene rings is 1. The molecule has 154 valence electrons. The van der Waals surface area contributed by atoms with Gasteiger partial charge in [0.15, 0.2) is 5.82 Å². The average Bonchev–Trinajstić information content (AvgIpc) is 3.27. The van der Waals surface area contributed by atoms with E-state index in [0.29, 0.717) is 31.2 Å². The summed E-state index contributed by atoms with van der Waals surface area (Å²) in [6.07, 6.45) is 2.24. The molecule has 3 N–H and O–H groups in total. The molecule has 0 aliphatic carbocycles. The van der Waals surface area contributed by atoms with Gasteiger partial charge in [0.1, 0.15) is 11.6 Å². The second-order valence-electron chi connectivity index (χ2n) is 7.31. The van der Waals surface area contributed by atoms with E-state index in [4.69, 9.17) is 0 Å². The molecule has 1 aromatic carbocycles. The maximum absolute atomic E-state index is 12.3. The van der Waals surface area contributed by atoms with E-state index in [1.165, 1.54) is 0 Å². The van der Waals surface area contributed by atoms with Crippen LogP contribution in [-0.4, -0.2) is 43.7 Å². The molecule has 1 amide bonds. The molecule has 0 unspecified atom stereocenters. The van der Waals surface area contributed by atoms with E-state index in [9.17, 15) is 4.79 Å². The van der Waals surface area contributed by atoms with Crippen molar-refractivity contribution in [3.63, 3.8) is 0 Å². The third-order valence-electron chi connectivity index (χ3n) is 4.83. The van der Waals surface area contributed by atoms with Gasteiger partial charge < -0.3 is 15.6 Å². The Kier molecular flexibility index (Phi) is 5.47. The number of hydrogen-bond acceptors (Lipinski definition) is 5. The van der Waals surface area contributed by atoms with Crippen molar-refractivity contribution >= 4 is 22.6 Å². The second kappa shape index (κ2) is 8.36. The zero-order valence-corrected chi connectivity index (χ0v) is 17.4. The van der Waals surface area contributed by atoms with Crippen LogP contribution >= 0.6 is 0 Å². The Morgan fingerprint density at radius 1 is 1.10 bits per heavy atom. The van der Waals surface area contributed by atoms with Gasteiger partial charge in [0, 0.05) is 41.9 Å². The number of nitrogens with zero attached hydrogens (tertiary/aromatic N) is 4. The molecule has 8 heteroatoms. The quantitative estimate of drug-likeness (QED) is 0.412. The molecular weight excluding hydrogens is 378 g/mol. The fourth-order valence-electron chi connectivity index (χ4n) is 3.52. The lowest BCUT2D eigenvalue weighted by molar-refractivity contribution is -0.120. The maximum Gasteiger partial charge on any atom is 0.224 e. The van der Waals surface area contributed by atoms with E-state index in [1.807, 2.05) is 63.4 Å². The summed E-state index contributed by atoms with van der Waals surface area (Å²) >= 11 is 0. The van der Waals surface area contributed by atoms with Crippen molar-refractivity contribution < 1.29 is 4.79 Å². The molecule has 3 aromatic heterocycles. The van der Waals surface area contributed by atoms with Crippen LogP contribution in [0, 0.1) is 20.8 Å². The molecule has 8 nitrogen and oxygen atoms in total. The zero-order valence-electron chi connectivity index (χ0n) is 17.4. The summed E-state index contributed by atoms with van der Waals surface area (Å²) in [5.41, 5.74) is 3.99. The van der Waals surface area contributed by atoms with Crippen LogP contribution in [0.5, 0.6) is 0 Å². The lowest BCUT2D eigenvalue weighted by atomic mass is 10.1. The van der Waals surface area contributed by atoms with Crippen LogP contribution in [0.25, 0.3) is 16.7 Å². The van der Waals surface area contributed by atoms with Crippen LogP contribution in [0.4, 0.5) is 5.82 Å². The number of nitrogens with one attached hydrogen (secondary N) is 3. The lowest BCUT2D eigenvalue weighted by Gasteiger charge is -2.10. The highest BCUT2D eigenvalue weighted by molar-refractivity contribution is 5.88. The molecule has 0 bridgehead atoms. The smallest absolute Gasteiger partial charge is 0.224 e. The number of rotatable bonds is 7. The zero-order chi connectivity index (χ0) is 21.1. The average molecular weight is 403 g/mol. The molecule has 0 aliphatic rings. The van der Waals surface area contributed by atoms with Crippen LogP contribution in [0.1, 0.15) is 22.8 Å². The first-order chi connectivity index (χ1) is 14.5. The van der Waals surface area contributed by atoms with Crippen LogP contribution in [0.3, 0.4) is 0 Å². The highest BCUT2D eigenvalue weighted by Gasteiger charge is 2.10. The van der Waals surface area contributed by atoms with Gasteiger partial charge in [0.05, 0.1) is 12.1 Å². The molecule has 0 saturated heterocycles. The summed E-state index contributed by atoms with van der Waals surface area (Å²) in [4.78, 5) is 24.4. The van der Waals surface area contributed by atoms with Gasteiger partial charge in [-0.3, -0.25) is 4.79 Å². The van der Waals surface area contributed by atoms with Gasteiger partial charge in [-0.05, 0) is 38.5 Å². The third kappa shape index (κ3) is 4.32. The predicted molar refractivity (Wildman–Crippen MR) is 117 cm³/mol. The molecule has 0 saturated carbocycles. The van der Waals surface area contributed by atoms with Crippen molar-refractivity contribution in [1.82, 2.24) is 30.0 Å². The number of carbonyl (C=O) groups excluding carboxylic acids is 1. The van der Waals surface area contributed by atoms with Gasteiger partial charge in [-0.25, -0.2) is 14.6 Å². The Hall–Kier alpha value is -3.68. The topological polar surface area (TPSA) is 101 Å². The molecule has 0 atom stereocenters. The number of aryl methyl sites for hydroxylation is 3. The van der Waals surface area contributed by atoms with Gasteiger partial charge in [-0.1, -0.05) is 18.2 Å². The number of fused-ring (bicyclic) bond motifs is 1. The van der Waals surface area contributed by atoms with Crippen molar-refractivity contribution in [2.75, 3.05) is 18.4 Å². The second-order valence-corrected chi connectivity index (χ2v) is 7.31. The first-order valence-electron chi connectivity index (χ1n) is 9.94. The molecule has 30 heavy (non-hydrogen) atoms. The van der Waals surface area contributed by atoms with Gasteiger partial charge in [0.25, 0.3) is 0 Å². The summed E-state index contributed by atoms with van der Waals surface area (Å²) in [7, 11) is 0. The number of hydrogen-bond donors (Lipinski definition) is 3. The molecule has 4 rings (SSSR count). The van der Waals surface area contributed by atoms with Crippen LogP contribution in [0.2, 0.25) is 0 Å². The minimum Gasteiger partial charge on any atom is -0.368 e. The molecule has 0 fully saturated rings. The Morgan fingerprint density at radius 3 is 2.73 bits per heavy atom. The van der Waals surface area contributed by atoms with Crippen molar-refractivity contribution in [2.24, 2.45) is 0 Å². The van der Waals surface area contributed by atoms with Crippen LogP contribution < -0.4 is 10.6 Å². The van der Waals surface area contributed by atoms with E-state index in [0.717, 1.165) is 33.7 Å². The molecular formula is C22H25N7O. The number of carbonyl (C=O) groups is 1. The standard InChI is InChI=1S/C22H25N7O/c1-14-10-15(2)29(28-14)21-12-20(26-16(3)27-21)23-8-9-24-22(30)11-17-13-25-19-7-5-4-6-18(17)19/h4-7,10,12-13,25H,8-9,11H2,1-3H3,(H,24,30)(H,23,26,27). The monoisotopic (exact) mass is 403 g/mol. The minimum absolute atomic E-state index is 0.0104. The Bertz CT molecular complexity index is 1190. The Labute approximate surface area is 174 Å². The van der Waals surface area contributed by atoms with E-state index in [-0.39, 0.29) is 5.91 Å². The fraction of sp³-hybridized carbons (Fsp3) is 0.273. The van der Waals surface area contributed by atoms with E-state index in [1.54, 1.807) is 4.68 Å². The van der Waals surface area contributed by atoms with Gasteiger partial charge >= 0.3 is 0 Å². The number of para-hydroxylation sites is 1. The first-order valence-corrected chi connectivity index (χ1v) is 9.94. The van der Waals surface area contributed by atoms with E-state index in [2.05, 4.69) is 30.7 Å². The van der Waals surface area contributed by atoms with Crippen molar-refractivity contribution in [3.05, 3.63) is 65.4 Å². The number of aromatic amines is 1. The SMILES string of the molecule is Cc1cc(C)n(-c2cc(NCCNC(=O)Cc3c[nH]c4ccccc34)nc(C)n2)n1. The summed E-state index contributed by atoms with van der Waals surface area (Å²) in [5, 5.41) is 11.8. The largest absolute Gasteiger partial charge is 0.368 e. The number of aromatic nitrogens is 5. The third-order valence-corrected chi connectivity index (χ3v) is 4.83. The molecule has 0 spiro atoms. The number of amides is 1. The minimum atomic E-state index is -0.0104. The highest BCUT2D eigenvalue weighted by atomic mass is 16.1. The van der Waals surface area contributed by atoms with E-state index < -0.39 is 0 Å². The molecule has 4 aromatic rings. The van der Waals surface area contributed by atoms with Crippen LogP contribution in [-0.2, 0) is 11.2 Å². The fourth-order valence-corrected chi connectivity index (χ4v) is 3.52. The highest BCUT2D eigenvalue weighted by Crippen LogP contribution is 2.18. The van der Waals surface area contributed by atoms with E-state index >= 15 is 0 Å². The predicted octanol–water partition coefficient (Wildman–Crippen LogP) is 2.84. The summed E-state index contributed by atoms with van der Waals surface area (Å²) in [6.45, 7) is 6.86. The number of H-pyrrole nitrogens is 1. The van der Waals surface area contributed by atoms with Crippen molar-refractivity contribution in [3.8, 4) is 5.82 Å². The first kappa shape index (κ1) is 19.6. The van der Waals surface area contributed by atoms with Crippen molar-refractivity contribution in [2.45, 2.75) is 27.2 Å². The van der Waals surface area contributed by atoms with Gasteiger partial charge in [-0.2, -0.15) is 5.10 Å². The Balaban J connectivity index is 1.32. The molecule has 0 radical (unpaired) electrons. The summed E-state index contributed by atoms with van der Waals surface area (Å²) in [6, 6.07) is 11.8. The molecule has 3 heterocycles. The Morgan fingerprint density at radius 2 is 1.93 bits per heavy atom. The number of anilines is 1. The normalized spacial score (nSPS) is 11.0. The summed E-state index contributed by atoms with van der Waals surface area (Å²) in [5.74, 6) is 2.07. The van der Waals surface area contributed by atoms with Gasteiger partial charge in [-0.15, -0.1) is 0 Å². The van der Waals surface area contributed by atoms with Crippen LogP contribution in [0.15, 0.2) is 42.6 Å².